The fraction of sp³-hybridized carbons (Fsp3) is 0.333. The molecule has 1 aromatic heterocycles. The van der Waals surface area contributed by atoms with E-state index in [-0.39, 0.29) is 29.4 Å². The first-order chi connectivity index (χ1) is 7.45. The Balaban J connectivity index is 3.20. The highest BCUT2D eigenvalue weighted by molar-refractivity contribution is 6.17. The molecule has 0 unspecified atom stereocenters. The average molecular weight is 251 g/mol. The van der Waals surface area contributed by atoms with Gasteiger partial charge in [-0.15, -0.1) is 11.6 Å². The number of hydrogen-bond donors (Lipinski definition) is 2. The molecule has 0 aliphatic rings. The molecule has 16 heavy (non-hydrogen) atoms. The molecule has 0 atom stereocenters. The number of aliphatic carboxylic acids is 1. The lowest BCUT2D eigenvalue weighted by molar-refractivity contribution is -0.136. The van der Waals surface area contributed by atoms with Crippen molar-refractivity contribution in [2.75, 3.05) is 5.73 Å². The lowest BCUT2D eigenvalue weighted by atomic mass is 10.1. The number of aromatic nitrogens is 1. The molecule has 0 aromatic carbocycles. The molecule has 0 bridgehead atoms. The van der Waals surface area contributed by atoms with Crippen molar-refractivity contribution in [3.05, 3.63) is 22.9 Å². The molecule has 1 rings (SSSR count). The lowest BCUT2D eigenvalue weighted by Crippen LogP contribution is -2.09. The van der Waals surface area contributed by atoms with Crippen LogP contribution in [0.4, 0.5) is 14.6 Å². The van der Waals surface area contributed by atoms with Gasteiger partial charge in [-0.3, -0.25) is 4.79 Å². The predicted molar refractivity (Wildman–Crippen MR) is 54.5 cm³/mol. The van der Waals surface area contributed by atoms with Crippen LogP contribution in [0.3, 0.4) is 0 Å². The molecule has 1 heterocycles. The molecule has 3 N–H and O–H groups in total. The normalized spacial score (nSPS) is 10.8. The number of anilines is 1. The Morgan fingerprint density at radius 3 is 2.69 bits per heavy atom. The molecule has 7 heteroatoms. The first-order valence-corrected chi connectivity index (χ1v) is 4.83. The fourth-order valence-corrected chi connectivity index (χ4v) is 1.52. The third-order valence-electron chi connectivity index (χ3n) is 1.92. The zero-order chi connectivity index (χ0) is 12.3. The first kappa shape index (κ1) is 12.6. The van der Waals surface area contributed by atoms with E-state index in [9.17, 15) is 13.6 Å². The molecule has 0 spiro atoms. The molecular formula is C9H9ClF2N2O2. The van der Waals surface area contributed by atoms with Crippen LogP contribution in [-0.4, -0.2) is 16.1 Å². The third kappa shape index (κ3) is 2.79. The number of hydrogen-bond acceptors (Lipinski definition) is 3. The van der Waals surface area contributed by atoms with Crippen molar-refractivity contribution in [3.8, 4) is 0 Å². The zero-order valence-corrected chi connectivity index (χ0v) is 8.84. The van der Waals surface area contributed by atoms with Crippen molar-refractivity contribution in [2.24, 2.45) is 0 Å². The molecule has 0 fully saturated rings. The van der Waals surface area contributed by atoms with Crippen LogP contribution in [0, 0.1) is 0 Å². The Bertz CT molecular complexity index is 413. The van der Waals surface area contributed by atoms with Crippen molar-refractivity contribution in [1.29, 1.82) is 0 Å². The van der Waals surface area contributed by atoms with Crippen molar-refractivity contribution < 1.29 is 18.7 Å². The van der Waals surface area contributed by atoms with Gasteiger partial charge in [0.25, 0.3) is 6.43 Å². The Labute approximate surface area is 95.0 Å². The third-order valence-corrected chi connectivity index (χ3v) is 2.21. The Hall–Kier alpha value is -1.43. The summed E-state index contributed by atoms with van der Waals surface area (Å²) in [6.45, 7) is 0. The van der Waals surface area contributed by atoms with Crippen LogP contribution in [0.2, 0.25) is 0 Å². The van der Waals surface area contributed by atoms with E-state index in [4.69, 9.17) is 22.4 Å². The molecule has 0 amide bonds. The van der Waals surface area contributed by atoms with Gasteiger partial charge >= 0.3 is 5.97 Å². The molecule has 0 aliphatic carbocycles. The summed E-state index contributed by atoms with van der Waals surface area (Å²) in [4.78, 5) is 14.0. The maximum absolute atomic E-state index is 12.6. The number of alkyl halides is 3. The van der Waals surface area contributed by atoms with E-state index in [0.29, 0.717) is 0 Å². The van der Waals surface area contributed by atoms with Gasteiger partial charge in [0.2, 0.25) is 0 Å². The maximum Gasteiger partial charge on any atom is 0.309 e. The molecule has 0 saturated carbocycles. The van der Waals surface area contributed by atoms with E-state index in [1.807, 2.05) is 0 Å². The molecule has 0 radical (unpaired) electrons. The highest BCUT2D eigenvalue weighted by atomic mass is 35.5. The second-order valence-corrected chi connectivity index (χ2v) is 3.34. The van der Waals surface area contributed by atoms with Gasteiger partial charge in [-0.2, -0.15) is 0 Å². The number of pyridine rings is 1. The smallest absolute Gasteiger partial charge is 0.309 e. The molecule has 0 saturated heterocycles. The van der Waals surface area contributed by atoms with Crippen molar-refractivity contribution in [2.45, 2.75) is 18.7 Å². The summed E-state index contributed by atoms with van der Waals surface area (Å²) in [6, 6.07) is 1.24. The SMILES string of the molecule is Nc1nc(CC(=O)O)cc(CCl)c1C(F)F. The Morgan fingerprint density at radius 2 is 2.25 bits per heavy atom. The van der Waals surface area contributed by atoms with E-state index in [2.05, 4.69) is 4.98 Å². The minimum Gasteiger partial charge on any atom is -0.481 e. The van der Waals surface area contributed by atoms with Crippen LogP contribution in [0.25, 0.3) is 0 Å². The van der Waals surface area contributed by atoms with Crippen LogP contribution in [-0.2, 0) is 17.1 Å². The molecular weight excluding hydrogens is 242 g/mol. The number of nitrogen functional groups attached to an aromatic ring is 1. The average Bonchev–Trinajstić information content (AvgIpc) is 2.14. The largest absolute Gasteiger partial charge is 0.481 e. The summed E-state index contributed by atoms with van der Waals surface area (Å²) in [5.41, 5.74) is 5.13. The summed E-state index contributed by atoms with van der Waals surface area (Å²) < 4.78 is 25.1. The van der Waals surface area contributed by atoms with Crippen molar-refractivity contribution in [3.63, 3.8) is 0 Å². The van der Waals surface area contributed by atoms with Crippen LogP contribution in [0.5, 0.6) is 0 Å². The van der Waals surface area contributed by atoms with Crippen LogP contribution in [0.15, 0.2) is 6.07 Å². The van der Waals surface area contributed by atoms with Crippen LogP contribution < -0.4 is 5.73 Å². The van der Waals surface area contributed by atoms with Gasteiger partial charge < -0.3 is 10.8 Å². The summed E-state index contributed by atoms with van der Waals surface area (Å²) in [7, 11) is 0. The van der Waals surface area contributed by atoms with E-state index < -0.39 is 18.0 Å². The minimum absolute atomic E-state index is 0.111. The van der Waals surface area contributed by atoms with Gasteiger partial charge in [-0.1, -0.05) is 0 Å². The molecule has 88 valence electrons. The minimum atomic E-state index is -2.78. The number of halogens is 3. The lowest BCUT2D eigenvalue weighted by Gasteiger charge is -2.10. The van der Waals surface area contributed by atoms with E-state index in [1.54, 1.807) is 0 Å². The second kappa shape index (κ2) is 5.07. The number of carbonyl (C=O) groups is 1. The standard InChI is InChI=1S/C9H9ClF2N2O2/c10-3-4-1-5(2-6(15)16)14-9(13)7(4)8(11)12/h1,8H,2-3H2,(H2,13,14)(H,15,16). The van der Waals surface area contributed by atoms with Gasteiger partial charge in [0.15, 0.2) is 0 Å². The predicted octanol–water partition coefficient (Wildman–Crippen LogP) is 1.97. The molecule has 1 aromatic rings. The van der Waals surface area contributed by atoms with E-state index in [0.717, 1.165) is 0 Å². The molecule has 0 aliphatic heterocycles. The van der Waals surface area contributed by atoms with Crippen molar-refractivity contribution >= 4 is 23.4 Å². The number of rotatable bonds is 4. The number of nitrogens with zero attached hydrogens (tertiary/aromatic N) is 1. The highest BCUT2D eigenvalue weighted by Gasteiger charge is 2.19. The number of carboxylic acid groups (broad SMARTS) is 1. The number of nitrogens with two attached hydrogens (primary N) is 1. The monoisotopic (exact) mass is 250 g/mol. The topological polar surface area (TPSA) is 76.2 Å². The van der Waals surface area contributed by atoms with Gasteiger partial charge in [-0.05, 0) is 11.6 Å². The Kier molecular flexibility index (Phi) is 4.00. The van der Waals surface area contributed by atoms with Gasteiger partial charge in [0, 0.05) is 5.88 Å². The Morgan fingerprint density at radius 1 is 1.62 bits per heavy atom. The summed E-state index contributed by atoms with van der Waals surface area (Å²) in [6.07, 6.45) is -3.16. The number of carboxylic acids is 1. The summed E-state index contributed by atoms with van der Waals surface area (Å²) >= 11 is 5.49. The van der Waals surface area contributed by atoms with E-state index >= 15 is 0 Å². The van der Waals surface area contributed by atoms with Crippen LogP contribution >= 0.6 is 11.6 Å². The van der Waals surface area contributed by atoms with Gasteiger partial charge in [0.05, 0.1) is 17.7 Å². The highest BCUT2D eigenvalue weighted by Crippen LogP contribution is 2.29. The molecule has 4 nitrogen and oxygen atoms in total. The first-order valence-electron chi connectivity index (χ1n) is 4.29. The van der Waals surface area contributed by atoms with E-state index in [1.165, 1.54) is 6.07 Å². The zero-order valence-electron chi connectivity index (χ0n) is 8.08. The summed E-state index contributed by atoms with van der Waals surface area (Å²) in [5.74, 6) is -1.65. The quantitative estimate of drug-likeness (QED) is 0.801. The summed E-state index contributed by atoms with van der Waals surface area (Å²) in [5, 5.41) is 8.54. The van der Waals surface area contributed by atoms with Gasteiger partial charge in [-0.25, -0.2) is 13.8 Å². The fourth-order valence-electron chi connectivity index (χ4n) is 1.30. The second-order valence-electron chi connectivity index (χ2n) is 3.08. The van der Waals surface area contributed by atoms with Crippen molar-refractivity contribution in [1.82, 2.24) is 4.98 Å². The van der Waals surface area contributed by atoms with Gasteiger partial charge in [0.1, 0.15) is 5.82 Å². The van der Waals surface area contributed by atoms with Crippen LogP contribution in [0.1, 0.15) is 23.2 Å². The maximum atomic E-state index is 12.6.